The van der Waals surface area contributed by atoms with Gasteiger partial charge in [-0.05, 0) is 18.2 Å². The zero-order valence-corrected chi connectivity index (χ0v) is 9.06. The Morgan fingerprint density at radius 3 is 3.00 bits per heavy atom. The minimum atomic E-state index is -0.227. The number of rotatable bonds is 1. The Morgan fingerprint density at radius 1 is 1.47 bits per heavy atom. The molecule has 0 unspecified atom stereocenters. The lowest BCUT2D eigenvalue weighted by molar-refractivity contribution is 0.321. The number of benzene rings is 1. The second-order valence-electron chi connectivity index (χ2n) is 2.91. The molecular weight excluding hydrogens is 262 g/mol. The molecule has 2 aromatic rings. The third-order valence-corrected chi connectivity index (χ3v) is 2.45. The van der Waals surface area contributed by atoms with E-state index in [0.29, 0.717) is 11.0 Å². The number of halogens is 1. The molecule has 5 heteroatoms. The maximum Gasteiger partial charge on any atom is 0.201 e. The van der Waals surface area contributed by atoms with Crippen LogP contribution in [0.1, 0.15) is 5.56 Å². The smallest absolute Gasteiger partial charge is 0.201 e. The molecule has 0 aliphatic carbocycles. The molecule has 1 N–H and O–H groups in total. The standard InChI is InChI=1S/C10H6BrNO3/c11-7-1-2-9-8(3-7)10(13)6(4-12-14)5-15-9/h1-5,14H/b12-4-. The lowest BCUT2D eigenvalue weighted by Crippen LogP contribution is -2.07. The highest BCUT2D eigenvalue weighted by Gasteiger charge is 2.05. The summed E-state index contributed by atoms with van der Waals surface area (Å²) < 4.78 is 6.00. The van der Waals surface area contributed by atoms with Crippen molar-refractivity contribution in [1.82, 2.24) is 0 Å². The van der Waals surface area contributed by atoms with Gasteiger partial charge < -0.3 is 9.62 Å². The SMILES string of the molecule is O=c1c(/C=N\O)coc2ccc(Br)cc12. The maximum atomic E-state index is 11.8. The number of oxime groups is 1. The molecule has 0 aliphatic rings. The van der Waals surface area contributed by atoms with Gasteiger partial charge in [0.15, 0.2) is 0 Å². The molecule has 0 fully saturated rings. The summed E-state index contributed by atoms with van der Waals surface area (Å²) in [5.74, 6) is 0. The minimum absolute atomic E-state index is 0.211. The van der Waals surface area contributed by atoms with Gasteiger partial charge in [0.25, 0.3) is 0 Å². The van der Waals surface area contributed by atoms with Crippen molar-refractivity contribution in [3.8, 4) is 0 Å². The second kappa shape index (κ2) is 3.86. The molecule has 1 heterocycles. The van der Waals surface area contributed by atoms with Gasteiger partial charge in [0, 0.05) is 4.47 Å². The third kappa shape index (κ3) is 1.78. The molecule has 15 heavy (non-hydrogen) atoms. The number of hydrogen-bond donors (Lipinski definition) is 1. The van der Waals surface area contributed by atoms with E-state index in [2.05, 4.69) is 21.1 Å². The normalized spacial score (nSPS) is 11.3. The highest BCUT2D eigenvalue weighted by atomic mass is 79.9. The van der Waals surface area contributed by atoms with Crippen LogP contribution in [-0.4, -0.2) is 11.4 Å². The summed E-state index contributed by atoms with van der Waals surface area (Å²) in [6, 6.07) is 5.14. The topological polar surface area (TPSA) is 62.8 Å². The molecule has 76 valence electrons. The predicted molar refractivity (Wildman–Crippen MR) is 59.6 cm³/mol. The summed E-state index contributed by atoms with van der Waals surface area (Å²) in [4.78, 5) is 11.8. The Morgan fingerprint density at radius 2 is 2.27 bits per heavy atom. The van der Waals surface area contributed by atoms with Crippen LogP contribution >= 0.6 is 15.9 Å². The minimum Gasteiger partial charge on any atom is -0.463 e. The largest absolute Gasteiger partial charge is 0.463 e. The van der Waals surface area contributed by atoms with Crippen molar-refractivity contribution in [2.45, 2.75) is 0 Å². The van der Waals surface area contributed by atoms with E-state index >= 15 is 0 Å². The lowest BCUT2D eigenvalue weighted by atomic mass is 10.2. The summed E-state index contributed by atoms with van der Waals surface area (Å²) in [6.07, 6.45) is 2.31. The molecule has 0 radical (unpaired) electrons. The van der Waals surface area contributed by atoms with Crippen molar-refractivity contribution in [3.05, 3.63) is 44.7 Å². The van der Waals surface area contributed by atoms with Crippen molar-refractivity contribution in [3.63, 3.8) is 0 Å². The zero-order valence-electron chi connectivity index (χ0n) is 7.48. The van der Waals surface area contributed by atoms with E-state index < -0.39 is 0 Å². The van der Waals surface area contributed by atoms with Crippen LogP contribution in [0.2, 0.25) is 0 Å². The van der Waals surface area contributed by atoms with Gasteiger partial charge in [-0.3, -0.25) is 4.79 Å². The molecule has 4 nitrogen and oxygen atoms in total. The predicted octanol–water partition coefficient (Wildman–Crippen LogP) is 2.36. The van der Waals surface area contributed by atoms with E-state index in [1.807, 2.05) is 0 Å². The van der Waals surface area contributed by atoms with Crippen molar-refractivity contribution >= 4 is 33.1 Å². The summed E-state index contributed by atoms with van der Waals surface area (Å²) in [5.41, 5.74) is 0.483. The average Bonchev–Trinajstić information content (AvgIpc) is 2.23. The van der Waals surface area contributed by atoms with Crippen LogP contribution in [0.15, 0.2) is 43.3 Å². The number of nitrogens with zero attached hydrogens (tertiary/aromatic N) is 1. The van der Waals surface area contributed by atoms with E-state index in [-0.39, 0.29) is 11.0 Å². The first-order chi connectivity index (χ1) is 7.22. The summed E-state index contributed by atoms with van der Waals surface area (Å²) in [7, 11) is 0. The van der Waals surface area contributed by atoms with Gasteiger partial charge in [0.05, 0.1) is 17.2 Å². The van der Waals surface area contributed by atoms with Gasteiger partial charge in [0.2, 0.25) is 5.43 Å². The average molecular weight is 268 g/mol. The fraction of sp³-hybridized carbons (Fsp3) is 0. The lowest BCUT2D eigenvalue weighted by Gasteiger charge is -1.97. The zero-order chi connectivity index (χ0) is 10.8. The molecule has 2 rings (SSSR count). The Balaban J connectivity index is 2.83. The molecule has 1 aromatic heterocycles. The molecule has 0 atom stereocenters. The Labute approximate surface area is 93.0 Å². The van der Waals surface area contributed by atoms with Gasteiger partial charge in [-0.2, -0.15) is 0 Å². The quantitative estimate of drug-likeness (QED) is 0.490. The van der Waals surface area contributed by atoms with Crippen LogP contribution in [0.5, 0.6) is 0 Å². The molecule has 0 amide bonds. The fourth-order valence-electron chi connectivity index (χ4n) is 1.27. The fourth-order valence-corrected chi connectivity index (χ4v) is 1.63. The number of hydrogen-bond acceptors (Lipinski definition) is 4. The van der Waals surface area contributed by atoms with E-state index in [1.54, 1.807) is 18.2 Å². The Bertz CT molecular complexity index is 589. The highest BCUT2D eigenvalue weighted by Crippen LogP contribution is 2.17. The first-order valence-electron chi connectivity index (χ1n) is 4.11. The van der Waals surface area contributed by atoms with Gasteiger partial charge in [0.1, 0.15) is 11.8 Å². The molecule has 1 aromatic carbocycles. The molecule has 0 saturated heterocycles. The maximum absolute atomic E-state index is 11.8. The van der Waals surface area contributed by atoms with Crippen molar-refractivity contribution in [2.75, 3.05) is 0 Å². The summed E-state index contributed by atoms with van der Waals surface area (Å²) >= 11 is 3.27. The van der Waals surface area contributed by atoms with Crippen molar-refractivity contribution < 1.29 is 9.62 Å². The molecule has 0 bridgehead atoms. The molecule has 0 spiro atoms. The van der Waals surface area contributed by atoms with Crippen LogP contribution < -0.4 is 5.43 Å². The first kappa shape index (κ1) is 9.92. The van der Waals surface area contributed by atoms with Gasteiger partial charge in [-0.25, -0.2) is 0 Å². The van der Waals surface area contributed by atoms with Crippen LogP contribution in [0.4, 0.5) is 0 Å². The first-order valence-corrected chi connectivity index (χ1v) is 4.90. The van der Waals surface area contributed by atoms with E-state index in [9.17, 15) is 4.79 Å². The highest BCUT2D eigenvalue weighted by molar-refractivity contribution is 9.10. The number of fused-ring (bicyclic) bond motifs is 1. The van der Waals surface area contributed by atoms with Crippen molar-refractivity contribution in [1.29, 1.82) is 0 Å². The Kier molecular flexibility index (Phi) is 2.55. The summed E-state index contributed by atoms with van der Waals surface area (Å²) in [5, 5.41) is 11.6. The monoisotopic (exact) mass is 267 g/mol. The van der Waals surface area contributed by atoms with Crippen LogP contribution in [-0.2, 0) is 0 Å². The van der Waals surface area contributed by atoms with E-state index in [0.717, 1.165) is 10.7 Å². The van der Waals surface area contributed by atoms with Gasteiger partial charge in [-0.1, -0.05) is 21.1 Å². The van der Waals surface area contributed by atoms with E-state index in [1.165, 1.54) is 6.26 Å². The van der Waals surface area contributed by atoms with Crippen LogP contribution in [0.25, 0.3) is 11.0 Å². The molecular formula is C10H6BrNO3. The van der Waals surface area contributed by atoms with Crippen LogP contribution in [0, 0.1) is 0 Å². The third-order valence-electron chi connectivity index (χ3n) is 1.96. The molecule has 0 aliphatic heterocycles. The Hall–Kier alpha value is -1.62. The second-order valence-corrected chi connectivity index (χ2v) is 3.82. The van der Waals surface area contributed by atoms with E-state index in [4.69, 9.17) is 9.62 Å². The van der Waals surface area contributed by atoms with Gasteiger partial charge >= 0.3 is 0 Å². The molecule has 0 saturated carbocycles. The van der Waals surface area contributed by atoms with Gasteiger partial charge in [-0.15, -0.1) is 0 Å². The van der Waals surface area contributed by atoms with Crippen molar-refractivity contribution in [2.24, 2.45) is 5.16 Å². The summed E-state index contributed by atoms with van der Waals surface area (Å²) in [6.45, 7) is 0. The van der Waals surface area contributed by atoms with Crippen LogP contribution in [0.3, 0.4) is 0 Å².